The molecule has 0 fully saturated rings. The number of fused-ring (bicyclic) bond motifs is 1. The summed E-state index contributed by atoms with van der Waals surface area (Å²) in [6.45, 7) is 1.44. The van der Waals surface area contributed by atoms with Gasteiger partial charge in [0.05, 0.1) is 6.10 Å². The predicted octanol–water partition coefficient (Wildman–Crippen LogP) is -2.12. The second-order valence-corrected chi connectivity index (χ2v) is 9.73. The molecule has 2 rings (SSSR count). The van der Waals surface area contributed by atoms with E-state index in [4.69, 9.17) is 22.3 Å². The predicted molar refractivity (Wildman–Crippen MR) is 152 cm³/mol. The zero-order valence-electron chi connectivity index (χ0n) is 23.1. The standard InChI is InChI=1S/C26H38N8O8/c1-13(35)21(27)24(40)32-17(7-4-10-30-26(28)29)22(38)34-19(11-14-12-31-16-6-3-2-5-15(14)16)23(39)33-18(25(41)42)8-9-20(36)37/h2-3,5-6,12-13,17-19,21,31,35H,4,7-11,27H2,1H3,(H,32,40)(H,33,39)(H,34,38)(H,36,37)(H,41,42)(H4,28,29,30). The van der Waals surface area contributed by atoms with Gasteiger partial charge >= 0.3 is 11.9 Å². The number of amides is 3. The summed E-state index contributed by atoms with van der Waals surface area (Å²) >= 11 is 0. The Morgan fingerprint density at radius 2 is 1.55 bits per heavy atom. The summed E-state index contributed by atoms with van der Waals surface area (Å²) in [6.07, 6.45) is -0.264. The van der Waals surface area contributed by atoms with Crippen LogP contribution in [0.3, 0.4) is 0 Å². The van der Waals surface area contributed by atoms with Crippen molar-refractivity contribution >= 4 is 46.5 Å². The van der Waals surface area contributed by atoms with Crippen molar-refractivity contribution in [3.8, 4) is 0 Å². The number of nitrogens with two attached hydrogens (primary N) is 3. The fraction of sp³-hybridized carbons (Fsp3) is 0.462. The van der Waals surface area contributed by atoms with Crippen LogP contribution in [0.15, 0.2) is 35.5 Å². The number of nitrogens with one attached hydrogen (secondary N) is 4. The largest absolute Gasteiger partial charge is 0.481 e. The zero-order valence-corrected chi connectivity index (χ0v) is 23.1. The summed E-state index contributed by atoms with van der Waals surface area (Å²) < 4.78 is 0. The highest BCUT2D eigenvalue weighted by atomic mass is 16.4. The minimum absolute atomic E-state index is 0.0265. The molecule has 230 valence electrons. The van der Waals surface area contributed by atoms with Crippen LogP contribution in [0.5, 0.6) is 0 Å². The number of para-hydroxylation sites is 1. The summed E-state index contributed by atoms with van der Waals surface area (Å²) in [7, 11) is 0. The second kappa shape index (κ2) is 15.9. The normalized spacial score (nSPS) is 14.5. The molecule has 16 nitrogen and oxygen atoms in total. The number of aliphatic hydroxyl groups excluding tert-OH is 1. The minimum atomic E-state index is -1.53. The van der Waals surface area contributed by atoms with Gasteiger partial charge in [-0.3, -0.25) is 24.2 Å². The lowest BCUT2D eigenvalue weighted by Gasteiger charge is -2.25. The number of aliphatic imine (C=N–C) groups is 1. The maximum Gasteiger partial charge on any atom is 0.326 e. The third-order valence-corrected chi connectivity index (χ3v) is 6.39. The number of aromatic nitrogens is 1. The number of hydrogen-bond acceptors (Lipinski definition) is 8. The SMILES string of the molecule is CC(O)C(N)C(=O)NC(CCCN=C(N)N)C(=O)NC(Cc1c[nH]c2ccccc12)C(=O)NC(CCC(=O)O)C(=O)O. The molecule has 0 radical (unpaired) electrons. The number of carbonyl (C=O) groups excluding carboxylic acids is 3. The molecule has 0 aliphatic rings. The minimum Gasteiger partial charge on any atom is -0.481 e. The molecule has 13 N–H and O–H groups in total. The number of aliphatic hydroxyl groups is 1. The van der Waals surface area contributed by atoms with Crippen molar-refractivity contribution < 1.29 is 39.3 Å². The molecule has 16 heteroatoms. The van der Waals surface area contributed by atoms with Crippen LogP contribution in [0.25, 0.3) is 10.9 Å². The van der Waals surface area contributed by atoms with Crippen molar-refractivity contribution in [1.29, 1.82) is 0 Å². The van der Waals surface area contributed by atoms with Gasteiger partial charge in [-0.25, -0.2) is 4.79 Å². The van der Waals surface area contributed by atoms with Crippen LogP contribution in [-0.4, -0.2) is 92.7 Å². The Morgan fingerprint density at radius 3 is 2.17 bits per heavy atom. The third kappa shape index (κ3) is 10.4. The lowest BCUT2D eigenvalue weighted by Crippen LogP contribution is -2.58. The van der Waals surface area contributed by atoms with Crippen LogP contribution < -0.4 is 33.2 Å². The first kappa shape index (κ1) is 33.5. The van der Waals surface area contributed by atoms with Gasteiger partial charge in [0, 0.05) is 36.5 Å². The number of carboxylic acids is 2. The first-order valence-electron chi connectivity index (χ1n) is 13.2. The van der Waals surface area contributed by atoms with Gasteiger partial charge in [-0.2, -0.15) is 0 Å². The highest BCUT2D eigenvalue weighted by molar-refractivity contribution is 5.95. The molecule has 1 heterocycles. The van der Waals surface area contributed by atoms with Gasteiger partial charge in [0.2, 0.25) is 17.7 Å². The Bertz CT molecular complexity index is 1290. The van der Waals surface area contributed by atoms with Crippen LogP contribution in [0.4, 0.5) is 0 Å². The molecule has 0 saturated carbocycles. The van der Waals surface area contributed by atoms with Crippen molar-refractivity contribution in [2.75, 3.05) is 6.54 Å². The van der Waals surface area contributed by atoms with Crippen LogP contribution in [0.1, 0.15) is 38.2 Å². The van der Waals surface area contributed by atoms with E-state index in [9.17, 15) is 34.2 Å². The molecule has 2 aromatic rings. The quantitative estimate of drug-likeness (QED) is 0.0539. The molecule has 1 aromatic heterocycles. The van der Waals surface area contributed by atoms with E-state index in [1.807, 2.05) is 12.1 Å². The van der Waals surface area contributed by atoms with Gasteiger partial charge < -0.3 is 53.5 Å². The van der Waals surface area contributed by atoms with Crippen molar-refractivity contribution in [3.63, 3.8) is 0 Å². The highest BCUT2D eigenvalue weighted by Gasteiger charge is 2.31. The molecule has 5 atom stereocenters. The monoisotopic (exact) mass is 590 g/mol. The number of hydrogen-bond donors (Lipinski definition) is 10. The van der Waals surface area contributed by atoms with E-state index in [0.29, 0.717) is 5.56 Å². The van der Waals surface area contributed by atoms with E-state index in [2.05, 4.69) is 25.9 Å². The first-order valence-corrected chi connectivity index (χ1v) is 13.2. The maximum atomic E-state index is 13.4. The molecular weight excluding hydrogens is 552 g/mol. The van der Waals surface area contributed by atoms with Crippen molar-refractivity contribution in [1.82, 2.24) is 20.9 Å². The Labute approximate surface area is 241 Å². The molecule has 42 heavy (non-hydrogen) atoms. The molecule has 3 amide bonds. The highest BCUT2D eigenvalue weighted by Crippen LogP contribution is 2.19. The molecule has 1 aromatic carbocycles. The van der Waals surface area contributed by atoms with E-state index in [0.717, 1.165) is 10.9 Å². The number of carbonyl (C=O) groups is 5. The summed E-state index contributed by atoms with van der Waals surface area (Å²) in [6, 6.07) is 1.78. The zero-order chi connectivity index (χ0) is 31.4. The first-order chi connectivity index (χ1) is 19.8. The van der Waals surface area contributed by atoms with Gasteiger partial charge in [0.25, 0.3) is 0 Å². The maximum absolute atomic E-state index is 13.4. The Kier molecular flexibility index (Phi) is 12.7. The third-order valence-electron chi connectivity index (χ3n) is 6.39. The van der Waals surface area contributed by atoms with Crippen molar-refractivity contribution in [3.05, 3.63) is 36.0 Å². The van der Waals surface area contributed by atoms with Gasteiger partial charge in [-0.15, -0.1) is 0 Å². The van der Waals surface area contributed by atoms with Gasteiger partial charge in [0.1, 0.15) is 24.2 Å². The van der Waals surface area contributed by atoms with Crippen molar-refractivity contribution in [2.45, 2.75) is 69.3 Å². The molecule has 0 aliphatic carbocycles. The average Bonchev–Trinajstić information content (AvgIpc) is 3.33. The Hall–Kier alpha value is -4.70. The van der Waals surface area contributed by atoms with E-state index in [-0.39, 0.29) is 38.2 Å². The summed E-state index contributed by atoms with van der Waals surface area (Å²) in [5.41, 5.74) is 17.8. The number of rotatable bonds is 17. The van der Waals surface area contributed by atoms with Crippen LogP contribution >= 0.6 is 0 Å². The Morgan fingerprint density at radius 1 is 0.929 bits per heavy atom. The molecule has 0 saturated heterocycles. The van der Waals surface area contributed by atoms with E-state index < -0.39 is 66.4 Å². The number of aliphatic carboxylic acids is 2. The van der Waals surface area contributed by atoms with Crippen LogP contribution in [-0.2, 0) is 30.4 Å². The fourth-order valence-corrected chi connectivity index (χ4v) is 4.06. The Balaban J connectivity index is 2.34. The van der Waals surface area contributed by atoms with Gasteiger partial charge in [-0.1, -0.05) is 18.2 Å². The number of H-pyrrole nitrogens is 1. The second-order valence-electron chi connectivity index (χ2n) is 9.73. The summed E-state index contributed by atoms with van der Waals surface area (Å²) in [5.74, 6) is -5.33. The van der Waals surface area contributed by atoms with E-state index in [1.165, 1.54) is 6.92 Å². The lowest BCUT2D eigenvalue weighted by atomic mass is 10.0. The molecule has 0 bridgehead atoms. The number of carboxylic acid groups (broad SMARTS) is 2. The van der Waals surface area contributed by atoms with Crippen LogP contribution in [0, 0.1) is 0 Å². The molecule has 0 spiro atoms. The number of aromatic amines is 1. The van der Waals surface area contributed by atoms with Gasteiger partial charge in [-0.05, 0) is 37.8 Å². The fourth-order valence-electron chi connectivity index (χ4n) is 4.06. The summed E-state index contributed by atoms with van der Waals surface area (Å²) in [4.78, 5) is 69.0. The molecule has 0 aliphatic heterocycles. The number of guanidine groups is 1. The molecular formula is C26H38N8O8. The molecule has 5 unspecified atom stereocenters. The number of nitrogens with zero attached hydrogens (tertiary/aromatic N) is 1. The topological polar surface area (TPSA) is 288 Å². The van der Waals surface area contributed by atoms with E-state index >= 15 is 0 Å². The van der Waals surface area contributed by atoms with Crippen molar-refractivity contribution in [2.24, 2.45) is 22.2 Å². The number of benzene rings is 1. The van der Waals surface area contributed by atoms with E-state index in [1.54, 1.807) is 18.3 Å². The average molecular weight is 591 g/mol. The smallest absolute Gasteiger partial charge is 0.326 e. The summed E-state index contributed by atoms with van der Waals surface area (Å²) in [5, 5.41) is 36.3. The lowest BCUT2D eigenvalue weighted by molar-refractivity contribution is -0.143. The van der Waals surface area contributed by atoms with Crippen LogP contribution in [0.2, 0.25) is 0 Å². The van der Waals surface area contributed by atoms with Gasteiger partial charge in [0.15, 0.2) is 5.96 Å².